The van der Waals surface area contributed by atoms with E-state index in [0.717, 1.165) is 37.2 Å². The van der Waals surface area contributed by atoms with Gasteiger partial charge in [0.2, 0.25) is 0 Å². The summed E-state index contributed by atoms with van der Waals surface area (Å²) in [4.78, 5) is 17.3. The first-order valence-corrected chi connectivity index (χ1v) is 8.05. The number of nitrogens with one attached hydrogen (secondary N) is 1. The summed E-state index contributed by atoms with van der Waals surface area (Å²) in [6.07, 6.45) is 0. The average molecular weight is 354 g/mol. The molecule has 6 heteroatoms. The van der Waals surface area contributed by atoms with Gasteiger partial charge in [0.05, 0.1) is 12.7 Å². The van der Waals surface area contributed by atoms with Gasteiger partial charge >= 0.3 is 0 Å². The van der Waals surface area contributed by atoms with Crippen molar-refractivity contribution in [1.29, 1.82) is 0 Å². The number of fused-ring (bicyclic) bond motifs is 3. The van der Waals surface area contributed by atoms with Crippen LogP contribution in [0.15, 0.2) is 22.7 Å². The zero-order chi connectivity index (χ0) is 14.8. The molecule has 2 bridgehead atoms. The van der Waals surface area contributed by atoms with E-state index in [2.05, 4.69) is 31.0 Å². The number of methoxy groups -OCH3 is 1. The fourth-order valence-corrected chi connectivity index (χ4v) is 3.46. The predicted octanol–water partition coefficient (Wildman–Crippen LogP) is 1.19. The highest BCUT2D eigenvalue weighted by Crippen LogP contribution is 2.22. The van der Waals surface area contributed by atoms with E-state index >= 15 is 0 Å². The van der Waals surface area contributed by atoms with Crippen molar-refractivity contribution in [2.75, 3.05) is 46.4 Å². The van der Waals surface area contributed by atoms with Crippen molar-refractivity contribution in [3.63, 3.8) is 0 Å². The number of carbonyl (C=O) groups excluding carboxylic acids is 1. The van der Waals surface area contributed by atoms with Crippen molar-refractivity contribution in [1.82, 2.24) is 15.1 Å². The number of hydrogen-bond acceptors (Lipinski definition) is 4. The predicted molar refractivity (Wildman–Crippen MR) is 84.8 cm³/mol. The van der Waals surface area contributed by atoms with E-state index in [9.17, 15) is 4.79 Å². The van der Waals surface area contributed by atoms with Crippen LogP contribution in [0, 0.1) is 0 Å². The summed E-state index contributed by atoms with van der Waals surface area (Å²) in [5.41, 5.74) is 0.616. The van der Waals surface area contributed by atoms with Crippen LogP contribution in [-0.4, -0.2) is 68.1 Å². The highest BCUT2D eigenvalue weighted by Gasteiger charge is 2.31. The minimum atomic E-state index is -0.0570. The van der Waals surface area contributed by atoms with Gasteiger partial charge in [0, 0.05) is 49.8 Å². The molecular weight excluding hydrogens is 334 g/mol. The van der Waals surface area contributed by atoms with Gasteiger partial charge < -0.3 is 10.1 Å². The lowest BCUT2D eigenvalue weighted by atomic mass is 10.1. The molecule has 1 amide bonds. The van der Waals surface area contributed by atoms with Crippen molar-refractivity contribution >= 4 is 21.8 Å². The lowest BCUT2D eigenvalue weighted by Crippen LogP contribution is -2.63. The molecule has 1 N–H and O–H groups in total. The van der Waals surface area contributed by atoms with E-state index in [-0.39, 0.29) is 5.91 Å². The molecule has 0 saturated carbocycles. The smallest absolute Gasteiger partial charge is 0.252 e. The molecule has 3 fully saturated rings. The van der Waals surface area contributed by atoms with E-state index in [4.69, 9.17) is 4.74 Å². The van der Waals surface area contributed by atoms with Crippen molar-refractivity contribution < 1.29 is 9.53 Å². The van der Waals surface area contributed by atoms with Gasteiger partial charge in [-0.3, -0.25) is 14.6 Å². The third-order valence-electron chi connectivity index (χ3n) is 4.31. The highest BCUT2D eigenvalue weighted by atomic mass is 79.9. The van der Waals surface area contributed by atoms with Gasteiger partial charge in [-0.1, -0.05) is 0 Å². The third-order valence-corrected chi connectivity index (χ3v) is 5.00. The monoisotopic (exact) mass is 353 g/mol. The molecule has 21 heavy (non-hydrogen) atoms. The van der Waals surface area contributed by atoms with Gasteiger partial charge in [-0.25, -0.2) is 0 Å². The van der Waals surface area contributed by atoms with Gasteiger partial charge in [0.1, 0.15) is 5.75 Å². The van der Waals surface area contributed by atoms with E-state index < -0.39 is 0 Å². The summed E-state index contributed by atoms with van der Waals surface area (Å²) in [6.45, 7) is 6.29. The molecule has 0 aliphatic carbocycles. The number of amides is 1. The number of piperazine rings is 3. The van der Waals surface area contributed by atoms with Crippen molar-refractivity contribution in [3.05, 3.63) is 28.2 Å². The number of nitrogens with zero attached hydrogens (tertiary/aromatic N) is 2. The van der Waals surface area contributed by atoms with E-state index in [0.29, 0.717) is 23.9 Å². The van der Waals surface area contributed by atoms with Gasteiger partial charge in [-0.15, -0.1) is 0 Å². The molecule has 0 aromatic heterocycles. The number of hydrogen-bond donors (Lipinski definition) is 1. The number of carbonyl (C=O) groups is 1. The van der Waals surface area contributed by atoms with Crippen LogP contribution in [-0.2, 0) is 0 Å². The summed E-state index contributed by atoms with van der Waals surface area (Å²) >= 11 is 3.42. The van der Waals surface area contributed by atoms with E-state index in [1.54, 1.807) is 13.2 Å². The summed E-state index contributed by atoms with van der Waals surface area (Å²) in [6, 6.07) is 5.86. The quantitative estimate of drug-likeness (QED) is 0.882. The first kappa shape index (κ1) is 14.8. The Balaban J connectivity index is 1.61. The summed E-state index contributed by atoms with van der Waals surface area (Å²) < 4.78 is 5.97. The van der Waals surface area contributed by atoms with Crippen LogP contribution < -0.4 is 10.1 Å². The minimum Gasteiger partial charge on any atom is -0.497 e. The summed E-state index contributed by atoms with van der Waals surface area (Å²) in [7, 11) is 1.60. The third kappa shape index (κ3) is 3.22. The normalized spacial score (nSPS) is 27.4. The van der Waals surface area contributed by atoms with Gasteiger partial charge in [-0.2, -0.15) is 0 Å². The zero-order valence-corrected chi connectivity index (χ0v) is 13.7. The molecule has 3 aliphatic heterocycles. The van der Waals surface area contributed by atoms with Gasteiger partial charge in [0.25, 0.3) is 5.91 Å². The second-order valence-electron chi connectivity index (χ2n) is 5.55. The average Bonchev–Trinajstić information content (AvgIpc) is 2.54. The van der Waals surface area contributed by atoms with E-state index in [1.807, 2.05) is 12.1 Å². The molecule has 3 aliphatic rings. The van der Waals surface area contributed by atoms with Crippen molar-refractivity contribution in [2.45, 2.75) is 6.04 Å². The maximum atomic E-state index is 12.4. The Morgan fingerprint density at radius 2 is 2.14 bits per heavy atom. The molecule has 1 aromatic carbocycles. The molecule has 3 saturated heterocycles. The lowest BCUT2D eigenvalue weighted by Gasteiger charge is -2.47. The first-order valence-electron chi connectivity index (χ1n) is 7.25. The van der Waals surface area contributed by atoms with E-state index in [1.165, 1.54) is 0 Å². The van der Waals surface area contributed by atoms with Crippen LogP contribution in [0.4, 0.5) is 0 Å². The molecule has 3 heterocycles. The molecule has 114 valence electrons. The number of halogens is 1. The second-order valence-corrected chi connectivity index (χ2v) is 6.40. The largest absolute Gasteiger partial charge is 0.497 e. The number of ether oxygens (including phenoxy) is 1. The fraction of sp³-hybridized carbons (Fsp3) is 0.533. The lowest BCUT2D eigenvalue weighted by molar-refractivity contribution is 0.0138. The Bertz CT molecular complexity index is 530. The SMILES string of the molecule is COc1ccc(Br)c(C(=O)NCC2CN3CCN2CC3)c1. The Hall–Kier alpha value is -1.11. The van der Waals surface area contributed by atoms with Crippen LogP contribution in [0.1, 0.15) is 10.4 Å². The number of benzene rings is 1. The Labute approximate surface area is 133 Å². The topological polar surface area (TPSA) is 44.8 Å². The highest BCUT2D eigenvalue weighted by molar-refractivity contribution is 9.10. The van der Waals surface area contributed by atoms with Crippen LogP contribution in [0.25, 0.3) is 0 Å². The maximum absolute atomic E-state index is 12.4. The van der Waals surface area contributed by atoms with Gasteiger partial charge in [0.15, 0.2) is 0 Å². The first-order chi connectivity index (χ1) is 10.2. The Morgan fingerprint density at radius 3 is 2.76 bits per heavy atom. The molecule has 1 unspecified atom stereocenters. The van der Waals surface area contributed by atoms with Crippen LogP contribution in [0.5, 0.6) is 5.75 Å². The van der Waals surface area contributed by atoms with Crippen molar-refractivity contribution in [3.8, 4) is 5.75 Å². The second kappa shape index (κ2) is 6.34. The molecular formula is C15H20BrN3O2. The van der Waals surface area contributed by atoms with Gasteiger partial charge in [-0.05, 0) is 34.1 Å². The summed E-state index contributed by atoms with van der Waals surface area (Å²) in [5, 5.41) is 3.05. The minimum absolute atomic E-state index is 0.0570. The molecule has 1 atom stereocenters. The van der Waals surface area contributed by atoms with Crippen LogP contribution in [0.3, 0.4) is 0 Å². The summed E-state index contributed by atoms with van der Waals surface area (Å²) in [5.74, 6) is 0.633. The fourth-order valence-electron chi connectivity index (χ4n) is 3.03. The van der Waals surface area contributed by atoms with Crippen LogP contribution >= 0.6 is 15.9 Å². The Kier molecular flexibility index (Phi) is 4.47. The molecule has 5 nitrogen and oxygen atoms in total. The molecule has 4 rings (SSSR count). The standard InChI is InChI=1S/C15H20BrN3O2/c1-21-12-2-3-14(16)13(8-12)15(20)17-9-11-10-18-4-6-19(11)7-5-18/h2-3,8,11H,4-7,9-10H2,1H3,(H,17,20). The molecule has 0 spiro atoms. The molecule has 0 radical (unpaired) electrons. The maximum Gasteiger partial charge on any atom is 0.252 e. The zero-order valence-electron chi connectivity index (χ0n) is 12.1. The Morgan fingerprint density at radius 1 is 1.38 bits per heavy atom. The van der Waals surface area contributed by atoms with Crippen LogP contribution in [0.2, 0.25) is 0 Å². The molecule has 1 aromatic rings. The van der Waals surface area contributed by atoms with Crippen molar-refractivity contribution in [2.24, 2.45) is 0 Å². The number of rotatable bonds is 4.